The number of aliphatic hydroxyl groups excluding tert-OH is 1. The van der Waals surface area contributed by atoms with Crippen LogP contribution in [-0.4, -0.2) is 53.2 Å². The normalized spacial score (nSPS) is 26.4. The van der Waals surface area contributed by atoms with Crippen molar-refractivity contribution in [1.82, 2.24) is 9.80 Å². The quantitative estimate of drug-likeness (QED) is 0.744. The minimum absolute atomic E-state index is 0.187. The highest BCUT2D eigenvalue weighted by Crippen LogP contribution is 2.49. The average Bonchev–Trinajstić information content (AvgIpc) is 3.35. The molecule has 2 atom stereocenters. The molecule has 160 valence electrons. The lowest BCUT2D eigenvalue weighted by atomic mass is 9.89. The summed E-state index contributed by atoms with van der Waals surface area (Å²) in [6.07, 6.45) is 6.01. The van der Waals surface area contributed by atoms with E-state index in [-0.39, 0.29) is 23.9 Å². The van der Waals surface area contributed by atoms with Crippen LogP contribution in [0.2, 0.25) is 5.02 Å². The molecule has 0 aromatic heterocycles. The third kappa shape index (κ3) is 3.58. The fraction of sp³-hybridized carbons (Fsp3) is 0.520. The number of nitrogens with zero attached hydrogens (tertiary/aromatic N) is 2. The van der Waals surface area contributed by atoms with E-state index in [2.05, 4.69) is 21.9 Å². The van der Waals surface area contributed by atoms with Crippen molar-refractivity contribution in [1.29, 1.82) is 0 Å². The molecule has 2 unspecified atom stereocenters. The fourth-order valence-corrected chi connectivity index (χ4v) is 6.45. The van der Waals surface area contributed by atoms with Gasteiger partial charge in [0.25, 0.3) is 0 Å². The summed E-state index contributed by atoms with van der Waals surface area (Å²) in [5, 5.41) is 10.4. The molecular formula is C25H30ClFN2O. The van der Waals surface area contributed by atoms with Crippen molar-refractivity contribution < 1.29 is 9.50 Å². The molecule has 5 heteroatoms. The standard InChI is InChI=1S/C25H30ClFN2O/c26-19-5-8-21-22(18-3-6-20(27)7-4-18)16-24(23(21)15-19)28-11-12-29(13-14-30)25(17-28)9-1-2-10-25/h3-8,15,22,24,30H,1-2,9-14,16-17H2. The van der Waals surface area contributed by atoms with Gasteiger partial charge in [-0.3, -0.25) is 9.80 Å². The average molecular weight is 429 g/mol. The van der Waals surface area contributed by atoms with Crippen LogP contribution in [0.1, 0.15) is 60.8 Å². The highest BCUT2D eigenvalue weighted by Gasteiger charge is 2.46. The molecule has 2 aliphatic carbocycles. The van der Waals surface area contributed by atoms with E-state index in [9.17, 15) is 9.50 Å². The van der Waals surface area contributed by atoms with Crippen LogP contribution in [-0.2, 0) is 0 Å². The number of hydrogen-bond acceptors (Lipinski definition) is 3. The predicted octanol–water partition coefficient (Wildman–Crippen LogP) is 4.98. The smallest absolute Gasteiger partial charge is 0.123 e. The Labute approximate surface area is 183 Å². The lowest BCUT2D eigenvalue weighted by Crippen LogP contribution is -2.61. The van der Waals surface area contributed by atoms with Crippen molar-refractivity contribution in [3.8, 4) is 0 Å². The van der Waals surface area contributed by atoms with Crippen molar-refractivity contribution in [2.75, 3.05) is 32.8 Å². The lowest BCUT2D eigenvalue weighted by molar-refractivity contribution is -0.0255. The van der Waals surface area contributed by atoms with Crippen molar-refractivity contribution in [2.24, 2.45) is 0 Å². The molecule has 0 amide bonds. The number of aliphatic hydroxyl groups is 1. The van der Waals surface area contributed by atoms with Gasteiger partial charge in [-0.1, -0.05) is 42.6 Å². The maximum absolute atomic E-state index is 13.5. The van der Waals surface area contributed by atoms with Gasteiger partial charge in [-0.15, -0.1) is 0 Å². The van der Waals surface area contributed by atoms with Gasteiger partial charge in [0.15, 0.2) is 0 Å². The Hall–Kier alpha value is -1.46. The van der Waals surface area contributed by atoms with Crippen LogP contribution >= 0.6 is 11.6 Å². The van der Waals surface area contributed by atoms with E-state index in [4.69, 9.17) is 11.6 Å². The number of benzene rings is 2. The number of rotatable bonds is 4. The van der Waals surface area contributed by atoms with Gasteiger partial charge in [-0.25, -0.2) is 4.39 Å². The maximum Gasteiger partial charge on any atom is 0.123 e. The molecule has 1 spiro atoms. The highest BCUT2D eigenvalue weighted by molar-refractivity contribution is 6.30. The SMILES string of the molecule is OCCN1CCN(C2CC(c3ccc(F)cc3)c3ccc(Cl)cc32)CC12CCCC2. The Kier molecular flexibility index (Phi) is 5.61. The monoisotopic (exact) mass is 428 g/mol. The molecule has 1 N–H and O–H groups in total. The molecule has 3 nitrogen and oxygen atoms in total. The van der Waals surface area contributed by atoms with Crippen LogP contribution in [0.4, 0.5) is 4.39 Å². The maximum atomic E-state index is 13.5. The second kappa shape index (κ2) is 8.23. The molecular weight excluding hydrogens is 399 g/mol. The van der Waals surface area contributed by atoms with Crippen molar-refractivity contribution in [3.63, 3.8) is 0 Å². The summed E-state index contributed by atoms with van der Waals surface area (Å²) < 4.78 is 13.5. The third-order valence-electron chi connectivity index (χ3n) is 7.68. The molecule has 1 heterocycles. The van der Waals surface area contributed by atoms with Crippen LogP contribution < -0.4 is 0 Å². The predicted molar refractivity (Wildman–Crippen MR) is 118 cm³/mol. The Morgan fingerprint density at radius 1 is 1.03 bits per heavy atom. The highest BCUT2D eigenvalue weighted by atomic mass is 35.5. The van der Waals surface area contributed by atoms with E-state index in [1.807, 2.05) is 18.2 Å². The molecule has 1 saturated heterocycles. The van der Waals surface area contributed by atoms with Gasteiger partial charge < -0.3 is 5.11 Å². The van der Waals surface area contributed by atoms with Gasteiger partial charge in [0.05, 0.1) is 6.61 Å². The largest absolute Gasteiger partial charge is 0.395 e. The fourth-order valence-electron chi connectivity index (χ4n) is 6.27. The Morgan fingerprint density at radius 3 is 2.53 bits per heavy atom. The number of fused-ring (bicyclic) bond motifs is 1. The molecule has 30 heavy (non-hydrogen) atoms. The van der Waals surface area contributed by atoms with Gasteiger partial charge >= 0.3 is 0 Å². The van der Waals surface area contributed by atoms with Gasteiger partial charge in [-0.2, -0.15) is 0 Å². The van der Waals surface area contributed by atoms with E-state index in [0.717, 1.165) is 37.6 Å². The molecule has 3 aliphatic rings. The topological polar surface area (TPSA) is 26.7 Å². The van der Waals surface area contributed by atoms with Gasteiger partial charge in [0.2, 0.25) is 0 Å². The molecule has 2 aromatic carbocycles. The van der Waals surface area contributed by atoms with Crippen molar-refractivity contribution >= 4 is 11.6 Å². The summed E-state index contributed by atoms with van der Waals surface area (Å²) in [6.45, 7) is 4.08. The van der Waals surface area contributed by atoms with Crippen LogP contribution in [0.3, 0.4) is 0 Å². The molecule has 2 fully saturated rings. The first-order valence-electron chi connectivity index (χ1n) is 11.2. The zero-order valence-electron chi connectivity index (χ0n) is 17.4. The Bertz CT molecular complexity index is 897. The van der Waals surface area contributed by atoms with Gasteiger partial charge in [0.1, 0.15) is 5.82 Å². The van der Waals surface area contributed by atoms with E-state index in [0.29, 0.717) is 6.04 Å². The third-order valence-corrected chi connectivity index (χ3v) is 7.92. The summed E-state index contributed by atoms with van der Waals surface area (Å²) in [7, 11) is 0. The zero-order valence-corrected chi connectivity index (χ0v) is 18.1. The Morgan fingerprint density at radius 2 is 1.80 bits per heavy atom. The number of halogens is 2. The second-order valence-electron chi connectivity index (χ2n) is 9.24. The number of piperazine rings is 1. The summed E-state index contributed by atoms with van der Waals surface area (Å²) >= 11 is 6.42. The summed E-state index contributed by atoms with van der Waals surface area (Å²) in [6, 6.07) is 13.6. The van der Waals surface area contributed by atoms with E-state index >= 15 is 0 Å². The minimum atomic E-state index is -0.187. The van der Waals surface area contributed by atoms with E-state index in [1.165, 1.54) is 42.4 Å². The first kappa shape index (κ1) is 20.4. The minimum Gasteiger partial charge on any atom is -0.395 e. The van der Waals surface area contributed by atoms with Crippen LogP contribution in [0.25, 0.3) is 0 Å². The van der Waals surface area contributed by atoms with Crippen LogP contribution in [0, 0.1) is 5.82 Å². The summed E-state index contributed by atoms with van der Waals surface area (Å²) in [5.41, 5.74) is 4.04. The van der Waals surface area contributed by atoms with Crippen molar-refractivity contribution in [3.05, 3.63) is 70.0 Å². The molecule has 1 aliphatic heterocycles. The van der Waals surface area contributed by atoms with E-state index in [1.54, 1.807) is 12.1 Å². The summed E-state index contributed by atoms with van der Waals surface area (Å²) in [5.74, 6) is 0.0886. The molecule has 1 saturated carbocycles. The van der Waals surface area contributed by atoms with Gasteiger partial charge in [0, 0.05) is 48.7 Å². The zero-order chi connectivity index (χ0) is 20.7. The first-order valence-corrected chi connectivity index (χ1v) is 11.6. The molecule has 2 aromatic rings. The first-order chi connectivity index (χ1) is 14.6. The molecule has 0 bridgehead atoms. The number of hydrogen-bond donors (Lipinski definition) is 1. The summed E-state index contributed by atoms with van der Waals surface area (Å²) in [4.78, 5) is 5.21. The molecule has 0 radical (unpaired) electrons. The van der Waals surface area contributed by atoms with Gasteiger partial charge in [-0.05, 0) is 60.2 Å². The van der Waals surface area contributed by atoms with Crippen LogP contribution in [0.5, 0.6) is 0 Å². The second-order valence-corrected chi connectivity index (χ2v) is 9.68. The number of β-amino-alcohol motifs (C(OH)–C–C–N with tert-alkyl or cyclic N) is 1. The lowest BCUT2D eigenvalue weighted by Gasteiger charge is -2.51. The van der Waals surface area contributed by atoms with Crippen LogP contribution in [0.15, 0.2) is 42.5 Å². The van der Waals surface area contributed by atoms with E-state index < -0.39 is 0 Å². The Balaban J connectivity index is 1.46. The molecule has 5 rings (SSSR count). The van der Waals surface area contributed by atoms with Crippen molar-refractivity contribution in [2.45, 2.75) is 49.6 Å².